The number of carboxylic acids is 1. The Bertz CT molecular complexity index is 364. The number of carbonyl (C=O) groups is 2. The second kappa shape index (κ2) is 4.66. The van der Waals surface area contributed by atoms with Crippen molar-refractivity contribution in [3.05, 3.63) is 0 Å². The van der Waals surface area contributed by atoms with E-state index in [2.05, 4.69) is 5.32 Å². The van der Waals surface area contributed by atoms with Crippen molar-refractivity contribution in [1.29, 1.82) is 0 Å². The molecule has 0 unspecified atom stereocenters. The van der Waals surface area contributed by atoms with Gasteiger partial charge in [0, 0.05) is 0 Å². The van der Waals surface area contributed by atoms with E-state index >= 15 is 0 Å². The smallest absolute Gasteiger partial charge is 0.327 e. The van der Waals surface area contributed by atoms with E-state index < -0.39 is 32.6 Å². The first-order valence-electron chi connectivity index (χ1n) is 6.21. The van der Waals surface area contributed by atoms with Crippen LogP contribution in [-0.4, -0.2) is 37.7 Å². The topological polar surface area (TPSA) is 75.6 Å². The van der Waals surface area contributed by atoms with Gasteiger partial charge < -0.3 is 14.8 Å². The molecular formula is C12H23NO4Si. The molecule has 0 radical (unpaired) electrons. The van der Waals surface area contributed by atoms with Crippen molar-refractivity contribution < 1.29 is 19.1 Å². The van der Waals surface area contributed by atoms with Gasteiger partial charge in [0.2, 0.25) is 5.91 Å². The molecule has 1 amide bonds. The molecule has 1 aliphatic rings. The van der Waals surface area contributed by atoms with E-state index in [1.54, 1.807) is 0 Å². The van der Waals surface area contributed by atoms with Crippen LogP contribution >= 0.6 is 0 Å². The first-order valence-corrected chi connectivity index (χ1v) is 9.00. The fourth-order valence-corrected chi connectivity index (χ4v) is 3.84. The summed E-state index contributed by atoms with van der Waals surface area (Å²) in [7, 11) is -1.39. The van der Waals surface area contributed by atoms with Crippen molar-refractivity contribution >= 4 is 20.9 Å². The van der Waals surface area contributed by atoms with E-state index in [4.69, 9.17) is 9.53 Å². The zero-order valence-electron chi connectivity index (χ0n) is 11.9. The third kappa shape index (κ3) is 2.44. The van der Waals surface area contributed by atoms with E-state index in [1.807, 2.05) is 40.8 Å². The normalized spacial score (nSPS) is 27.4. The quantitative estimate of drug-likeness (QED) is 0.591. The summed E-state index contributed by atoms with van der Waals surface area (Å²) < 4.78 is 6.07. The van der Waals surface area contributed by atoms with Crippen LogP contribution in [0.2, 0.25) is 13.1 Å². The molecule has 1 heterocycles. The molecule has 6 heteroatoms. The molecule has 0 saturated carbocycles. The third-order valence-corrected chi connectivity index (χ3v) is 4.70. The van der Waals surface area contributed by atoms with Crippen molar-refractivity contribution in [2.45, 2.75) is 52.4 Å². The van der Waals surface area contributed by atoms with Crippen LogP contribution in [0.4, 0.5) is 0 Å². The molecule has 3 atom stereocenters. The molecule has 1 rings (SSSR count). The summed E-state index contributed by atoms with van der Waals surface area (Å²) in [6.07, 6.45) is 0. The summed E-state index contributed by atoms with van der Waals surface area (Å²) in [6, 6.07) is -0.838. The summed E-state index contributed by atoms with van der Waals surface area (Å²) in [5, 5.41) is 11.6. The highest BCUT2D eigenvalue weighted by atomic mass is 28.3. The monoisotopic (exact) mass is 273 g/mol. The number of hydrogen-bond donors (Lipinski definition) is 2. The minimum Gasteiger partial charge on any atom is -0.480 e. The lowest BCUT2D eigenvalue weighted by atomic mass is 9.64. The molecule has 0 aromatic rings. The number of rotatable bonds is 4. The Hall–Kier alpha value is -0.883. The summed E-state index contributed by atoms with van der Waals surface area (Å²) in [6.45, 7) is 11.9. The summed E-state index contributed by atoms with van der Waals surface area (Å²) in [5.74, 6) is -1.84. The molecule has 1 saturated heterocycles. The average Bonchev–Trinajstić information content (AvgIpc) is 2.09. The Morgan fingerprint density at radius 3 is 2.11 bits per heavy atom. The third-order valence-electron chi connectivity index (χ3n) is 3.74. The van der Waals surface area contributed by atoms with Crippen molar-refractivity contribution in [1.82, 2.24) is 5.32 Å². The minimum absolute atomic E-state index is 0.227. The highest BCUT2D eigenvalue weighted by molar-refractivity contribution is 6.48. The van der Waals surface area contributed by atoms with Crippen LogP contribution in [0.1, 0.15) is 27.7 Å². The molecule has 0 aromatic heterocycles. The number of carboxylic acid groups (broad SMARTS) is 1. The summed E-state index contributed by atoms with van der Waals surface area (Å²) in [4.78, 5) is 22.9. The second-order valence-corrected chi connectivity index (χ2v) is 8.66. The van der Waals surface area contributed by atoms with Crippen LogP contribution in [-0.2, 0) is 14.0 Å². The SMILES string of the molecule is C[SiH](C)O[C@](C)([C@H]1C(=O)N[C@@H]1C(=O)O)C(C)(C)C. The van der Waals surface area contributed by atoms with Gasteiger partial charge in [-0.2, -0.15) is 0 Å². The van der Waals surface area contributed by atoms with E-state index in [0.29, 0.717) is 0 Å². The van der Waals surface area contributed by atoms with Crippen LogP contribution in [0, 0.1) is 11.3 Å². The molecule has 1 aliphatic heterocycles. The highest BCUT2D eigenvalue weighted by Crippen LogP contribution is 2.44. The molecule has 18 heavy (non-hydrogen) atoms. The van der Waals surface area contributed by atoms with Crippen LogP contribution in [0.25, 0.3) is 0 Å². The van der Waals surface area contributed by atoms with Gasteiger partial charge in [-0.1, -0.05) is 20.8 Å². The van der Waals surface area contributed by atoms with E-state index in [1.165, 1.54) is 0 Å². The number of hydrogen-bond acceptors (Lipinski definition) is 3. The van der Waals surface area contributed by atoms with Crippen molar-refractivity contribution in [2.75, 3.05) is 0 Å². The fourth-order valence-electron chi connectivity index (χ4n) is 2.36. The van der Waals surface area contributed by atoms with Gasteiger partial charge >= 0.3 is 5.97 Å². The number of carbonyl (C=O) groups excluding carboxylic acids is 1. The maximum Gasteiger partial charge on any atom is 0.327 e. The lowest BCUT2D eigenvalue weighted by Gasteiger charge is -2.53. The minimum atomic E-state index is -1.39. The Kier molecular flexibility index (Phi) is 3.93. The van der Waals surface area contributed by atoms with Crippen molar-refractivity contribution in [3.63, 3.8) is 0 Å². The van der Waals surface area contributed by atoms with Crippen LogP contribution in [0.3, 0.4) is 0 Å². The molecule has 2 N–H and O–H groups in total. The molecule has 1 fully saturated rings. The first kappa shape index (κ1) is 15.2. The van der Waals surface area contributed by atoms with Gasteiger partial charge in [-0.25, -0.2) is 4.79 Å². The maximum atomic E-state index is 11.8. The predicted molar refractivity (Wildman–Crippen MR) is 70.9 cm³/mol. The molecular weight excluding hydrogens is 250 g/mol. The largest absolute Gasteiger partial charge is 0.480 e. The van der Waals surface area contributed by atoms with Crippen LogP contribution < -0.4 is 5.32 Å². The van der Waals surface area contributed by atoms with Gasteiger partial charge in [-0.05, 0) is 25.4 Å². The van der Waals surface area contributed by atoms with Gasteiger partial charge in [-0.3, -0.25) is 4.79 Å². The maximum absolute atomic E-state index is 11.8. The van der Waals surface area contributed by atoms with Gasteiger partial charge in [-0.15, -0.1) is 0 Å². The lowest BCUT2D eigenvalue weighted by Crippen LogP contribution is -2.72. The predicted octanol–water partition coefficient (Wildman–Crippen LogP) is 0.990. The van der Waals surface area contributed by atoms with Gasteiger partial charge in [0.15, 0.2) is 9.04 Å². The number of β-lactam (4-membered cyclic amide) rings is 1. The number of amides is 1. The van der Waals surface area contributed by atoms with Gasteiger partial charge in [0.05, 0.1) is 11.5 Å². The fraction of sp³-hybridized carbons (Fsp3) is 0.833. The molecule has 0 aromatic carbocycles. The number of aliphatic carboxylic acids is 1. The zero-order valence-corrected chi connectivity index (χ0v) is 13.1. The summed E-state index contributed by atoms with van der Waals surface area (Å²) in [5.41, 5.74) is -1.06. The van der Waals surface area contributed by atoms with Gasteiger partial charge in [0.25, 0.3) is 0 Å². The Morgan fingerprint density at radius 2 is 1.83 bits per heavy atom. The first-order chi connectivity index (χ1) is 8.00. The summed E-state index contributed by atoms with van der Waals surface area (Å²) >= 11 is 0. The van der Waals surface area contributed by atoms with Crippen molar-refractivity contribution in [2.24, 2.45) is 11.3 Å². The molecule has 0 aliphatic carbocycles. The molecule has 0 bridgehead atoms. The lowest BCUT2D eigenvalue weighted by molar-refractivity contribution is -0.171. The Morgan fingerprint density at radius 1 is 1.33 bits per heavy atom. The number of nitrogens with one attached hydrogen (secondary N) is 1. The van der Waals surface area contributed by atoms with E-state index in [9.17, 15) is 9.59 Å². The average molecular weight is 273 g/mol. The van der Waals surface area contributed by atoms with Crippen LogP contribution in [0.15, 0.2) is 0 Å². The standard InChI is InChI=1S/C12H23NO4Si/c1-11(2,3)12(4,17-18(5)6)7-8(10(15)16)13-9(7)14/h7-8,18H,1-6H3,(H,13,14)(H,15,16)/t7-,8+,12-/m1/s1. The van der Waals surface area contributed by atoms with Gasteiger partial charge in [0.1, 0.15) is 6.04 Å². The Balaban J connectivity index is 3.11. The second-order valence-electron chi connectivity index (χ2n) is 6.33. The zero-order chi connectivity index (χ0) is 14.3. The van der Waals surface area contributed by atoms with E-state index in [0.717, 1.165) is 0 Å². The van der Waals surface area contributed by atoms with E-state index in [-0.39, 0.29) is 11.3 Å². The molecule has 104 valence electrons. The van der Waals surface area contributed by atoms with Crippen LogP contribution in [0.5, 0.6) is 0 Å². The highest BCUT2D eigenvalue weighted by Gasteiger charge is 2.59. The van der Waals surface area contributed by atoms with Crippen molar-refractivity contribution in [3.8, 4) is 0 Å². The molecule has 5 nitrogen and oxygen atoms in total. The Labute approximate surface area is 110 Å². The molecule has 0 spiro atoms.